The van der Waals surface area contributed by atoms with E-state index in [-0.39, 0.29) is 30.6 Å². The predicted molar refractivity (Wildman–Crippen MR) is 195 cm³/mol. The van der Waals surface area contributed by atoms with Gasteiger partial charge in [-0.3, -0.25) is 0 Å². The second kappa shape index (κ2) is 17.8. The van der Waals surface area contributed by atoms with Crippen molar-refractivity contribution in [1.82, 2.24) is 4.98 Å². The van der Waals surface area contributed by atoms with E-state index in [9.17, 15) is 4.79 Å². The average Bonchev–Trinajstić information content (AvgIpc) is 2.91. The standard InChI is InChI=1S/C30H48I4N3O3/c1-22(39-7)20-34(16-9-8-12-24-14-13-23-11-10-18-35-28(23)37-24)17-15-25(29(38)40-30(2,3)4)32-26-19-27(33(5)6)36-21-31-26/h13-14,19,21-22,25H,8-12,15-18,20H2,1-7H3,(H,35,37)/q-1/t22-,25+/m1/s1. The number of hydrogen-bond donors (Lipinski definition) is 1. The number of ether oxygens (including phenoxy) is 2. The Balaban J connectivity index is 1.60. The van der Waals surface area contributed by atoms with E-state index >= 15 is 0 Å². The van der Waals surface area contributed by atoms with Crippen LogP contribution in [-0.2, 0) is 27.1 Å². The molecule has 2 aliphatic heterocycles. The zero-order valence-corrected chi connectivity index (χ0v) is 33.8. The van der Waals surface area contributed by atoms with Gasteiger partial charge in [0.1, 0.15) is 0 Å². The number of anilines is 1. The average molecular weight is 1010 g/mol. The van der Waals surface area contributed by atoms with E-state index < -0.39 is 66.4 Å². The number of aliphatic imine (C=N–C) groups is 1. The molecule has 1 aromatic heterocycles. The van der Waals surface area contributed by atoms with Crippen molar-refractivity contribution in [1.29, 1.82) is 0 Å². The number of carbonyl (C=O) groups excluding carboxylic acids is 1. The Bertz CT molecular complexity index is 1070. The maximum atomic E-state index is 13.4. The van der Waals surface area contributed by atoms with Crippen LogP contribution in [0.1, 0.15) is 64.6 Å². The van der Waals surface area contributed by atoms with Crippen LogP contribution in [0.3, 0.4) is 0 Å². The van der Waals surface area contributed by atoms with Gasteiger partial charge in [0.25, 0.3) is 0 Å². The number of allylic oxidation sites excluding steroid dienone is 1. The Kier molecular flexibility index (Phi) is 15.6. The van der Waals surface area contributed by atoms with Gasteiger partial charge in [-0.2, -0.15) is 0 Å². The van der Waals surface area contributed by atoms with Gasteiger partial charge in [-0.15, -0.1) is 0 Å². The van der Waals surface area contributed by atoms with Crippen LogP contribution >= 0.6 is 60.4 Å². The van der Waals surface area contributed by atoms with Crippen molar-refractivity contribution in [3.05, 3.63) is 33.2 Å². The molecule has 0 fully saturated rings. The molecule has 2 aliphatic rings. The van der Waals surface area contributed by atoms with Gasteiger partial charge < -0.3 is 0 Å². The Morgan fingerprint density at radius 3 is 2.75 bits per heavy atom. The van der Waals surface area contributed by atoms with E-state index in [0.29, 0.717) is 6.10 Å². The first-order valence-corrected chi connectivity index (χ1v) is 28.6. The molecule has 1 aromatic rings. The van der Waals surface area contributed by atoms with Crippen molar-refractivity contribution in [3.63, 3.8) is 0 Å². The number of aromatic nitrogens is 1. The molecule has 10 heteroatoms. The minimum atomic E-state index is -1.28. The monoisotopic (exact) mass is 1010 g/mol. The van der Waals surface area contributed by atoms with Crippen LogP contribution in [0.25, 0.3) is 0 Å². The Morgan fingerprint density at radius 1 is 1.23 bits per heavy atom. The number of nitrogens with one attached hydrogen (secondary N) is 1. The number of nitrogens with zero attached hydrogens (tertiary/aromatic N) is 2. The summed E-state index contributed by atoms with van der Waals surface area (Å²) in [5, 5.41) is 3.47. The van der Waals surface area contributed by atoms with Gasteiger partial charge in [-0.25, -0.2) is 0 Å². The van der Waals surface area contributed by atoms with Gasteiger partial charge in [0.2, 0.25) is 0 Å². The van der Waals surface area contributed by atoms with E-state index in [1.807, 2.05) is 27.9 Å². The molecule has 40 heavy (non-hydrogen) atoms. The third-order valence-electron chi connectivity index (χ3n) is 6.34. The molecule has 2 atom stereocenters. The zero-order valence-electron chi connectivity index (χ0n) is 25.2. The fraction of sp³-hybridized carbons (Fsp3) is 0.667. The van der Waals surface area contributed by atoms with Gasteiger partial charge in [0.05, 0.1) is 0 Å². The van der Waals surface area contributed by atoms with Gasteiger partial charge >= 0.3 is 280 Å². The van der Waals surface area contributed by atoms with Crippen molar-refractivity contribution < 1.29 is 35.5 Å². The number of hydrogen-bond acceptors (Lipinski definition) is 6. The molecule has 0 spiro atoms. The molecule has 6 nitrogen and oxygen atoms in total. The van der Waals surface area contributed by atoms with Crippen LogP contribution < -0.4 is 26.5 Å². The van der Waals surface area contributed by atoms with Crippen molar-refractivity contribution in [3.8, 4) is 0 Å². The molecule has 0 saturated heterocycles. The summed E-state index contributed by atoms with van der Waals surface area (Å²) in [5.41, 5.74) is 2.13. The topological polar surface area (TPSA) is 72.8 Å². The molecule has 0 aliphatic carbocycles. The summed E-state index contributed by atoms with van der Waals surface area (Å²) >= 11 is -2.97. The first kappa shape index (κ1) is 35.1. The number of alkyl halides is 6. The molecule has 1 N–H and O–H groups in total. The van der Waals surface area contributed by atoms with E-state index in [1.54, 1.807) is 1.52 Å². The quantitative estimate of drug-likeness (QED) is 0.0938. The fourth-order valence-electron chi connectivity index (χ4n) is 4.21. The number of unbranched alkanes of at least 4 members (excludes halogenated alkanes) is 1. The number of rotatable bonds is 15. The van der Waals surface area contributed by atoms with Gasteiger partial charge in [-0.05, 0) is 0 Å². The molecule has 0 saturated carbocycles. The zero-order chi connectivity index (χ0) is 29.1. The summed E-state index contributed by atoms with van der Waals surface area (Å²) in [6.07, 6.45) is 9.46. The summed E-state index contributed by atoms with van der Waals surface area (Å²) < 4.78 is 20.5. The summed E-state index contributed by atoms with van der Waals surface area (Å²) in [6, 6.07) is 4.49. The van der Waals surface area contributed by atoms with Crippen molar-refractivity contribution in [2.24, 2.45) is 4.99 Å². The van der Waals surface area contributed by atoms with Crippen LogP contribution in [0.15, 0.2) is 26.9 Å². The number of methoxy groups -OCH3 is 1. The molecule has 230 valence electrons. The SMILES string of the molecule is CO[C@H](C)CI(CCCCc1ccc2c(n1)NCCC2)CC[C@H]([I-]C1=IC=NC(I(C)C)=C1)C(=O)OC(C)(C)C. The number of aryl methyl sites for hydroxylation is 2. The number of carbonyl (C=O) groups is 1. The number of fused-ring (bicyclic) bond motifs is 1. The number of esters is 1. The van der Waals surface area contributed by atoms with E-state index in [4.69, 9.17) is 19.5 Å². The Morgan fingerprint density at radius 2 is 2.02 bits per heavy atom. The maximum absolute atomic E-state index is 13.4. The van der Waals surface area contributed by atoms with Crippen LogP contribution in [-0.4, -0.2) is 69.1 Å². The Labute approximate surface area is 277 Å². The predicted octanol–water partition coefficient (Wildman–Crippen LogP) is 4.24. The second-order valence-electron chi connectivity index (χ2n) is 11.2. The molecular formula is C30H48I4N3O3-. The molecule has 0 radical (unpaired) electrons. The Hall–Kier alpha value is 0.580. The molecule has 3 heterocycles. The molecule has 0 aromatic carbocycles. The molecule has 3 rings (SSSR count). The van der Waals surface area contributed by atoms with Crippen LogP contribution in [0.5, 0.6) is 0 Å². The number of halogens is 4. The van der Waals surface area contributed by atoms with Crippen molar-refractivity contribution >= 4 is 77.9 Å². The van der Waals surface area contributed by atoms with Crippen molar-refractivity contribution in [2.45, 2.75) is 81.8 Å². The first-order chi connectivity index (χ1) is 19.0. The third kappa shape index (κ3) is 12.7. The van der Waals surface area contributed by atoms with E-state index in [0.717, 1.165) is 31.6 Å². The first-order valence-electron chi connectivity index (χ1n) is 14.0. The molecule has 0 bridgehead atoms. The van der Waals surface area contributed by atoms with E-state index in [1.165, 1.54) is 47.5 Å². The second-order valence-corrected chi connectivity index (χ2v) is 30.6. The molecule has 0 unspecified atom stereocenters. The van der Waals surface area contributed by atoms with Crippen LogP contribution in [0.2, 0.25) is 0 Å². The van der Waals surface area contributed by atoms with Crippen LogP contribution in [0.4, 0.5) is 5.82 Å². The summed E-state index contributed by atoms with van der Waals surface area (Å²) in [7, 11) is 1.83. The van der Waals surface area contributed by atoms with Crippen molar-refractivity contribution in [2.75, 3.05) is 42.1 Å². The molecule has 0 amide bonds. The van der Waals surface area contributed by atoms with E-state index in [2.05, 4.69) is 44.5 Å². The van der Waals surface area contributed by atoms with Crippen LogP contribution in [0, 0.1) is 0 Å². The third-order valence-corrected chi connectivity index (χ3v) is 23.5. The molecular weight excluding hydrogens is 958 g/mol. The fourth-order valence-corrected chi connectivity index (χ4v) is 22.5. The summed E-state index contributed by atoms with van der Waals surface area (Å²) in [6.45, 7) is 9.21. The van der Waals surface area contributed by atoms with Gasteiger partial charge in [0.15, 0.2) is 0 Å². The summed E-state index contributed by atoms with van der Waals surface area (Å²) in [4.78, 5) is 27.7. The summed E-state index contributed by atoms with van der Waals surface area (Å²) in [5.74, 6) is 1.13. The number of pyridine rings is 1. The van der Waals surface area contributed by atoms with Gasteiger partial charge in [0, 0.05) is 0 Å². The van der Waals surface area contributed by atoms with Gasteiger partial charge in [-0.1, -0.05) is 0 Å². The normalized spacial score (nSPS) is 17.5. The minimum absolute atomic E-state index is 0.0281.